The number of hydrogen-bond donors (Lipinski definition) is 1. The zero-order valence-corrected chi connectivity index (χ0v) is 21.1. The number of nitrogens with zero attached hydrogens (tertiary/aromatic N) is 1. The molecule has 35 heavy (non-hydrogen) atoms. The van der Waals surface area contributed by atoms with Gasteiger partial charge in [0, 0.05) is 16.6 Å². The standard InChI is InChI=1S/C28H27ClN2O3S/c1-18-6-2-4-8-23(18)30-27(32)20-12-15-26-24(16-20)31(17-19-10-13-21(29)14-11-19)28(33)22-7-3-5-9-25(22)35(26)34/h3,5,7,9-16,18,23H,2,4,6,8,17H2,1H3,(H,30,32). The van der Waals surface area contributed by atoms with Gasteiger partial charge >= 0.3 is 0 Å². The Balaban J connectivity index is 1.55. The van der Waals surface area contributed by atoms with Crippen LogP contribution < -0.4 is 10.2 Å². The van der Waals surface area contributed by atoms with E-state index < -0.39 is 10.8 Å². The third kappa shape index (κ3) is 4.78. The third-order valence-electron chi connectivity index (χ3n) is 6.96. The highest BCUT2D eigenvalue weighted by Gasteiger charge is 2.32. The molecule has 1 heterocycles. The Hall–Kier alpha value is -2.96. The lowest BCUT2D eigenvalue weighted by Gasteiger charge is -2.29. The fourth-order valence-electron chi connectivity index (χ4n) is 4.92. The molecule has 7 heteroatoms. The van der Waals surface area contributed by atoms with Crippen LogP contribution in [0, 0.1) is 5.92 Å². The van der Waals surface area contributed by atoms with Crippen LogP contribution in [0.25, 0.3) is 0 Å². The van der Waals surface area contributed by atoms with Gasteiger partial charge < -0.3 is 10.2 Å². The van der Waals surface area contributed by atoms with E-state index >= 15 is 0 Å². The van der Waals surface area contributed by atoms with Crippen LogP contribution in [-0.4, -0.2) is 22.1 Å². The van der Waals surface area contributed by atoms with Gasteiger partial charge in [-0.25, -0.2) is 4.21 Å². The van der Waals surface area contributed by atoms with Crippen molar-refractivity contribution in [3.63, 3.8) is 0 Å². The van der Waals surface area contributed by atoms with Gasteiger partial charge in [0.25, 0.3) is 11.8 Å². The molecule has 0 bridgehead atoms. The highest BCUT2D eigenvalue weighted by molar-refractivity contribution is 7.85. The number of halogens is 1. The molecule has 1 aliphatic heterocycles. The second-order valence-corrected chi connectivity index (χ2v) is 11.2. The number of hydrogen-bond acceptors (Lipinski definition) is 3. The first-order chi connectivity index (χ1) is 16.9. The van der Waals surface area contributed by atoms with Crippen LogP contribution in [0.2, 0.25) is 5.02 Å². The van der Waals surface area contributed by atoms with E-state index in [0.29, 0.717) is 37.5 Å². The van der Waals surface area contributed by atoms with Gasteiger partial charge in [-0.1, -0.05) is 55.6 Å². The monoisotopic (exact) mass is 506 g/mol. The summed E-state index contributed by atoms with van der Waals surface area (Å²) in [6, 6.07) is 19.5. The molecular formula is C28H27ClN2O3S. The summed E-state index contributed by atoms with van der Waals surface area (Å²) in [6.45, 7) is 2.44. The number of rotatable bonds is 4. The molecule has 180 valence electrons. The fourth-order valence-corrected chi connectivity index (χ4v) is 6.39. The molecule has 2 amide bonds. The van der Waals surface area contributed by atoms with E-state index in [0.717, 1.165) is 24.8 Å². The maximum atomic E-state index is 13.7. The first-order valence-corrected chi connectivity index (χ1v) is 13.5. The molecule has 3 aromatic rings. The molecule has 1 saturated carbocycles. The minimum absolute atomic E-state index is 0.139. The maximum absolute atomic E-state index is 13.7. The molecule has 3 atom stereocenters. The molecule has 3 unspecified atom stereocenters. The van der Waals surface area contributed by atoms with Crippen LogP contribution in [0.3, 0.4) is 0 Å². The number of carbonyl (C=O) groups excluding carboxylic acids is 2. The molecule has 0 spiro atoms. The van der Waals surface area contributed by atoms with Gasteiger partial charge in [0.1, 0.15) is 0 Å². The van der Waals surface area contributed by atoms with Crippen molar-refractivity contribution in [1.29, 1.82) is 0 Å². The van der Waals surface area contributed by atoms with Gasteiger partial charge in [-0.05, 0) is 66.8 Å². The Morgan fingerprint density at radius 3 is 2.54 bits per heavy atom. The molecule has 5 rings (SSSR count). The largest absolute Gasteiger partial charge is 0.349 e. The Morgan fingerprint density at radius 1 is 1.03 bits per heavy atom. The molecule has 0 saturated heterocycles. The van der Waals surface area contributed by atoms with Gasteiger partial charge in [-0.15, -0.1) is 0 Å². The third-order valence-corrected chi connectivity index (χ3v) is 8.71. The Kier molecular flexibility index (Phi) is 6.76. The summed E-state index contributed by atoms with van der Waals surface area (Å²) in [5.41, 5.74) is 2.23. The molecular weight excluding hydrogens is 480 g/mol. The van der Waals surface area contributed by atoms with Crippen molar-refractivity contribution >= 4 is 39.9 Å². The van der Waals surface area contributed by atoms with Crippen molar-refractivity contribution in [2.45, 2.75) is 55.0 Å². The average molecular weight is 507 g/mol. The first kappa shape index (κ1) is 23.8. The van der Waals surface area contributed by atoms with Crippen LogP contribution >= 0.6 is 11.6 Å². The van der Waals surface area contributed by atoms with Crippen LogP contribution in [0.1, 0.15) is 58.9 Å². The van der Waals surface area contributed by atoms with E-state index in [1.807, 2.05) is 12.1 Å². The van der Waals surface area contributed by atoms with E-state index in [9.17, 15) is 13.8 Å². The molecule has 1 N–H and O–H groups in total. The normalized spacial score (nSPS) is 21.6. The minimum Gasteiger partial charge on any atom is -0.349 e. The van der Waals surface area contributed by atoms with Crippen LogP contribution in [0.5, 0.6) is 0 Å². The Bertz CT molecular complexity index is 1310. The van der Waals surface area contributed by atoms with Gasteiger partial charge in [0.2, 0.25) is 0 Å². The summed E-state index contributed by atoms with van der Waals surface area (Å²) in [6.07, 6.45) is 4.38. The number of amides is 2. The number of carbonyl (C=O) groups is 2. The molecule has 1 aliphatic carbocycles. The van der Waals surface area contributed by atoms with Crippen molar-refractivity contribution in [2.24, 2.45) is 5.92 Å². The van der Waals surface area contributed by atoms with Crippen LogP contribution in [0.4, 0.5) is 5.69 Å². The van der Waals surface area contributed by atoms with E-state index in [-0.39, 0.29) is 24.4 Å². The van der Waals surface area contributed by atoms with Crippen LogP contribution in [0.15, 0.2) is 76.5 Å². The summed E-state index contributed by atoms with van der Waals surface area (Å²) in [4.78, 5) is 29.5. The number of anilines is 1. The highest BCUT2D eigenvalue weighted by Crippen LogP contribution is 2.36. The van der Waals surface area contributed by atoms with Gasteiger partial charge in [0.05, 0.1) is 38.4 Å². The van der Waals surface area contributed by atoms with Gasteiger partial charge in [-0.3, -0.25) is 9.59 Å². The molecule has 2 aliphatic rings. The lowest BCUT2D eigenvalue weighted by molar-refractivity contribution is 0.0908. The SMILES string of the molecule is CC1CCCCC1NC(=O)c1ccc2c(c1)N(Cc1ccc(Cl)cc1)C(=O)c1ccccc1S2=O. The zero-order chi connectivity index (χ0) is 24.5. The highest BCUT2D eigenvalue weighted by atomic mass is 35.5. The summed E-state index contributed by atoms with van der Waals surface area (Å²) < 4.78 is 13.6. The lowest BCUT2D eigenvalue weighted by Crippen LogP contribution is -2.41. The van der Waals surface area contributed by atoms with E-state index in [1.165, 1.54) is 6.42 Å². The summed E-state index contributed by atoms with van der Waals surface area (Å²) in [5.74, 6) is 0.0117. The van der Waals surface area contributed by atoms with Crippen molar-refractivity contribution < 1.29 is 13.8 Å². The molecule has 0 aromatic heterocycles. The summed E-state index contributed by atoms with van der Waals surface area (Å²) in [5, 5.41) is 3.79. The summed E-state index contributed by atoms with van der Waals surface area (Å²) >= 11 is 6.06. The smallest absolute Gasteiger partial charge is 0.259 e. The molecule has 3 aromatic carbocycles. The van der Waals surface area contributed by atoms with E-state index in [1.54, 1.807) is 59.5 Å². The van der Waals surface area contributed by atoms with Gasteiger partial charge in [-0.2, -0.15) is 0 Å². The molecule has 5 nitrogen and oxygen atoms in total. The quantitative estimate of drug-likeness (QED) is 0.473. The van der Waals surface area contributed by atoms with Crippen LogP contribution in [-0.2, 0) is 17.3 Å². The maximum Gasteiger partial charge on any atom is 0.259 e. The number of nitrogens with one attached hydrogen (secondary N) is 1. The minimum atomic E-state index is -1.56. The average Bonchev–Trinajstić information content (AvgIpc) is 2.96. The Labute approximate surface area is 212 Å². The second kappa shape index (κ2) is 9.96. The zero-order valence-electron chi connectivity index (χ0n) is 19.5. The van der Waals surface area contributed by atoms with Crippen molar-refractivity contribution in [1.82, 2.24) is 5.32 Å². The first-order valence-electron chi connectivity index (χ1n) is 11.9. The lowest BCUT2D eigenvalue weighted by atomic mass is 9.86. The molecule has 0 radical (unpaired) electrons. The van der Waals surface area contributed by atoms with Gasteiger partial charge in [0.15, 0.2) is 0 Å². The topological polar surface area (TPSA) is 66.5 Å². The molecule has 1 fully saturated rings. The number of fused-ring (bicyclic) bond motifs is 2. The predicted molar refractivity (Wildman–Crippen MR) is 138 cm³/mol. The number of benzene rings is 3. The second-order valence-electron chi connectivity index (χ2n) is 9.31. The predicted octanol–water partition coefficient (Wildman–Crippen LogP) is 5.98. The van der Waals surface area contributed by atoms with Crippen molar-refractivity contribution in [3.05, 3.63) is 88.4 Å². The summed E-state index contributed by atoms with van der Waals surface area (Å²) in [7, 11) is -1.56. The van der Waals surface area contributed by atoms with Crippen molar-refractivity contribution in [3.8, 4) is 0 Å². The Morgan fingerprint density at radius 2 is 1.77 bits per heavy atom. The van der Waals surface area contributed by atoms with E-state index in [2.05, 4.69) is 12.2 Å². The van der Waals surface area contributed by atoms with Crippen molar-refractivity contribution in [2.75, 3.05) is 4.90 Å². The fraction of sp³-hybridized carbons (Fsp3) is 0.286. The van der Waals surface area contributed by atoms with E-state index in [4.69, 9.17) is 11.6 Å².